The number of hydrogen-bond acceptors (Lipinski definition) is 6. The van der Waals surface area contributed by atoms with E-state index in [2.05, 4.69) is 34.6 Å². The van der Waals surface area contributed by atoms with Gasteiger partial charge in [0.1, 0.15) is 23.1 Å². The van der Waals surface area contributed by atoms with E-state index in [1.54, 1.807) is 56.3 Å². The standard InChI is InChI=1S/C28H29FN4O3S/c1-19-6-4-5-7-20(19)18-37-28-32-31-26(33(28)23-10-8-22(29)9-11-23)14-15-30-27(34)17-21-16-24(35-2)12-13-25(21)36-3/h4-13,16H,14-15,17-18H2,1-3H3,(H,30,34). The monoisotopic (exact) mass is 520 g/mol. The van der Waals surface area contributed by atoms with Crippen LogP contribution in [-0.2, 0) is 23.4 Å². The molecule has 1 aromatic heterocycles. The Morgan fingerprint density at radius 1 is 1.00 bits per heavy atom. The van der Waals surface area contributed by atoms with Crippen molar-refractivity contribution in [3.8, 4) is 17.2 Å². The van der Waals surface area contributed by atoms with Gasteiger partial charge in [-0.3, -0.25) is 9.36 Å². The molecule has 0 saturated heterocycles. The lowest BCUT2D eigenvalue weighted by atomic mass is 10.1. The van der Waals surface area contributed by atoms with Gasteiger partial charge in [0.2, 0.25) is 5.91 Å². The summed E-state index contributed by atoms with van der Waals surface area (Å²) in [6.07, 6.45) is 0.610. The summed E-state index contributed by atoms with van der Waals surface area (Å²) in [6, 6.07) is 19.8. The van der Waals surface area contributed by atoms with Crippen LogP contribution in [0.15, 0.2) is 71.9 Å². The number of benzene rings is 3. The van der Waals surface area contributed by atoms with Crippen LogP contribution in [0.5, 0.6) is 11.5 Å². The normalized spacial score (nSPS) is 10.8. The van der Waals surface area contributed by atoms with Gasteiger partial charge in [-0.25, -0.2) is 4.39 Å². The van der Waals surface area contributed by atoms with Crippen molar-refractivity contribution in [1.82, 2.24) is 20.1 Å². The number of hydrogen-bond donors (Lipinski definition) is 1. The van der Waals surface area contributed by atoms with Crippen LogP contribution >= 0.6 is 11.8 Å². The highest BCUT2D eigenvalue weighted by molar-refractivity contribution is 7.98. The maximum atomic E-state index is 13.6. The van der Waals surface area contributed by atoms with Crippen molar-refractivity contribution < 1.29 is 18.7 Å². The summed E-state index contributed by atoms with van der Waals surface area (Å²) >= 11 is 1.57. The van der Waals surface area contributed by atoms with Crippen LogP contribution in [0, 0.1) is 12.7 Å². The van der Waals surface area contributed by atoms with E-state index < -0.39 is 0 Å². The average molecular weight is 521 g/mol. The first-order valence-corrected chi connectivity index (χ1v) is 12.8. The van der Waals surface area contributed by atoms with Crippen molar-refractivity contribution in [2.24, 2.45) is 0 Å². The van der Waals surface area contributed by atoms with Crippen LogP contribution in [0.2, 0.25) is 0 Å². The van der Waals surface area contributed by atoms with Crippen LogP contribution in [0.25, 0.3) is 5.69 Å². The molecule has 0 unspecified atom stereocenters. The minimum Gasteiger partial charge on any atom is -0.497 e. The molecule has 0 spiro atoms. The number of rotatable bonds is 11. The maximum Gasteiger partial charge on any atom is 0.224 e. The quantitative estimate of drug-likeness (QED) is 0.283. The Hall–Kier alpha value is -3.85. The van der Waals surface area contributed by atoms with E-state index in [0.717, 1.165) is 17.0 Å². The van der Waals surface area contributed by atoms with Gasteiger partial charge in [-0.05, 0) is 60.5 Å². The molecule has 0 bridgehead atoms. The van der Waals surface area contributed by atoms with E-state index in [-0.39, 0.29) is 18.1 Å². The van der Waals surface area contributed by atoms with Crippen LogP contribution in [-0.4, -0.2) is 41.4 Å². The number of aryl methyl sites for hydroxylation is 1. The number of thioether (sulfide) groups is 1. The Morgan fingerprint density at radius 3 is 2.51 bits per heavy atom. The fourth-order valence-electron chi connectivity index (χ4n) is 3.89. The Labute approximate surface area is 220 Å². The molecular weight excluding hydrogens is 491 g/mol. The van der Waals surface area contributed by atoms with Crippen molar-refractivity contribution in [1.29, 1.82) is 0 Å². The van der Waals surface area contributed by atoms with Gasteiger partial charge in [-0.15, -0.1) is 10.2 Å². The van der Waals surface area contributed by atoms with Gasteiger partial charge in [0.05, 0.1) is 20.6 Å². The zero-order valence-corrected chi connectivity index (χ0v) is 21.8. The molecular formula is C28H29FN4O3S. The third-order valence-corrected chi connectivity index (χ3v) is 6.89. The first-order valence-electron chi connectivity index (χ1n) is 11.8. The minimum absolute atomic E-state index is 0.145. The molecule has 0 radical (unpaired) electrons. The van der Waals surface area contributed by atoms with E-state index in [0.29, 0.717) is 35.4 Å². The fraction of sp³-hybridized carbons (Fsp3) is 0.250. The van der Waals surface area contributed by atoms with Gasteiger partial charge in [0.25, 0.3) is 0 Å². The summed E-state index contributed by atoms with van der Waals surface area (Å²) < 4.78 is 26.2. The summed E-state index contributed by atoms with van der Waals surface area (Å²) in [5.41, 5.74) is 3.92. The largest absolute Gasteiger partial charge is 0.497 e. The van der Waals surface area contributed by atoms with Crippen molar-refractivity contribution in [2.45, 2.75) is 30.7 Å². The summed E-state index contributed by atoms with van der Waals surface area (Å²) in [5, 5.41) is 12.5. The fourth-order valence-corrected chi connectivity index (χ4v) is 4.94. The van der Waals surface area contributed by atoms with Crippen molar-refractivity contribution in [2.75, 3.05) is 20.8 Å². The Bertz CT molecular complexity index is 1360. The molecule has 1 amide bonds. The summed E-state index contributed by atoms with van der Waals surface area (Å²) in [5.74, 6) is 2.24. The molecule has 7 nitrogen and oxygen atoms in total. The van der Waals surface area contributed by atoms with E-state index in [1.807, 2.05) is 16.7 Å². The lowest BCUT2D eigenvalue weighted by molar-refractivity contribution is -0.120. The highest BCUT2D eigenvalue weighted by atomic mass is 32.2. The molecule has 4 aromatic rings. The zero-order valence-electron chi connectivity index (χ0n) is 21.0. The Morgan fingerprint density at radius 2 is 1.78 bits per heavy atom. The number of ether oxygens (including phenoxy) is 2. The maximum absolute atomic E-state index is 13.6. The number of aromatic nitrogens is 3. The molecule has 0 fully saturated rings. The van der Waals surface area contributed by atoms with E-state index in [4.69, 9.17) is 9.47 Å². The molecule has 3 aromatic carbocycles. The third kappa shape index (κ3) is 6.68. The average Bonchev–Trinajstić information content (AvgIpc) is 3.31. The predicted octanol–water partition coefficient (Wildman–Crippen LogP) is 4.93. The number of carbonyl (C=O) groups excluding carboxylic acids is 1. The lowest BCUT2D eigenvalue weighted by Crippen LogP contribution is -2.28. The van der Waals surface area contributed by atoms with E-state index >= 15 is 0 Å². The van der Waals surface area contributed by atoms with E-state index in [1.165, 1.54) is 23.3 Å². The van der Waals surface area contributed by atoms with Crippen LogP contribution in [0.4, 0.5) is 4.39 Å². The number of amides is 1. The van der Waals surface area contributed by atoms with Crippen molar-refractivity contribution >= 4 is 17.7 Å². The molecule has 192 valence electrons. The first-order chi connectivity index (χ1) is 18.0. The minimum atomic E-state index is -0.312. The molecule has 0 atom stereocenters. The Kier molecular flexibility index (Phi) is 8.79. The molecule has 0 aliphatic rings. The topological polar surface area (TPSA) is 78.3 Å². The first kappa shape index (κ1) is 26.2. The SMILES string of the molecule is COc1ccc(OC)c(CC(=O)NCCc2nnc(SCc3ccccc3C)n2-c2ccc(F)cc2)c1. The van der Waals surface area contributed by atoms with Gasteiger partial charge in [-0.2, -0.15) is 0 Å². The zero-order chi connectivity index (χ0) is 26.2. The molecule has 37 heavy (non-hydrogen) atoms. The summed E-state index contributed by atoms with van der Waals surface area (Å²) in [6.45, 7) is 2.45. The molecule has 1 N–H and O–H groups in total. The summed E-state index contributed by atoms with van der Waals surface area (Å²) in [4.78, 5) is 12.7. The molecule has 0 saturated carbocycles. The molecule has 9 heteroatoms. The van der Waals surface area contributed by atoms with Gasteiger partial charge < -0.3 is 14.8 Å². The van der Waals surface area contributed by atoms with Gasteiger partial charge >= 0.3 is 0 Å². The molecule has 4 rings (SSSR count). The second-order valence-electron chi connectivity index (χ2n) is 8.38. The van der Waals surface area contributed by atoms with Gasteiger partial charge in [0.15, 0.2) is 5.16 Å². The smallest absolute Gasteiger partial charge is 0.224 e. The predicted molar refractivity (Wildman–Crippen MR) is 142 cm³/mol. The van der Waals surface area contributed by atoms with Crippen LogP contribution in [0.3, 0.4) is 0 Å². The van der Waals surface area contributed by atoms with Gasteiger partial charge in [0, 0.05) is 30.0 Å². The van der Waals surface area contributed by atoms with Crippen molar-refractivity contribution in [3.63, 3.8) is 0 Å². The van der Waals surface area contributed by atoms with Crippen molar-refractivity contribution in [3.05, 3.63) is 95.1 Å². The van der Waals surface area contributed by atoms with Crippen LogP contribution < -0.4 is 14.8 Å². The van der Waals surface area contributed by atoms with Gasteiger partial charge in [-0.1, -0.05) is 36.0 Å². The third-order valence-electron chi connectivity index (χ3n) is 5.91. The van der Waals surface area contributed by atoms with E-state index in [9.17, 15) is 9.18 Å². The molecule has 0 aliphatic carbocycles. The number of nitrogens with zero attached hydrogens (tertiary/aromatic N) is 3. The highest BCUT2D eigenvalue weighted by Gasteiger charge is 2.16. The number of halogens is 1. The Balaban J connectivity index is 1.46. The second-order valence-corrected chi connectivity index (χ2v) is 9.32. The van der Waals surface area contributed by atoms with Crippen LogP contribution in [0.1, 0.15) is 22.5 Å². The molecule has 1 heterocycles. The lowest BCUT2D eigenvalue weighted by Gasteiger charge is -2.12. The highest BCUT2D eigenvalue weighted by Crippen LogP contribution is 2.27. The number of methoxy groups -OCH3 is 2. The molecule has 0 aliphatic heterocycles. The number of nitrogens with one attached hydrogen (secondary N) is 1. The second kappa shape index (κ2) is 12.4. The number of carbonyl (C=O) groups is 1. The summed E-state index contributed by atoms with van der Waals surface area (Å²) in [7, 11) is 3.15.